The van der Waals surface area contributed by atoms with Crippen LogP contribution in [-0.4, -0.2) is 100 Å². The second-order valence-corrected chi connectivity index (χ2v) is 18.9. The summed E-state index contributed by atoms with van der Waals surface area (Å²) in [6, 6.07) is -0.848. The molecule has 7 unspecified atom stereocenters. The van der Waals surface area contributed by atoms with Gasteiger partial charge in [-0.2, -0.15) is 0 Å². The van der Waals surface area contributed by atoms with Gasteiger partial charge in [0.25, 0.3) is 0 Å². The standard InChI is InChI=1S/C57H101NO10/c1-3-5-7-9-11-13-15-20-24-27-31-35-39-43-50(60)49(48-67-57-56(65)55(64)54(63)51(47-59)68-57)58-52(61)44-40-36-32-28-25-21-18-16-17-19-22-26-30-34-38-42-46-66-53(62)45-41-37-33-29-23-14-12-10-8-6-4-2/h10-13,16,18,24,27,39,43,49-51,54-57,59-60,63-65H,3-9,14-15,17,19-23,25-26,28-38,40-42,44-48H2,1-2H3,(H,58,61)/b12-10-,13-11+,18-16-,27-24+,43-39+. The van der Waals surface area contributed by atoms with Gasteiger partial charge in [0.05, 0.1) is 32.0 Å². The van der Waals surface area contributed by atoms with Crippen molar-refractivity contribution in [3.05, 3.63) is 60.8 Å². The lowest BCUT2D eigenvalue weighted by atomic mass is 9.99. The van der Waals surface area contributed by atoms with Crippen LogP contribution in [-0.2, 0) is 23.8 Å². The molecule has 0 spiro atoms. The Bertz CT molecular complexity index is 1310. The first kappa shape index (κ1) is 63.4. The summed E-state index contributed by atoms with van der Waals surface area (Å²) in [6.45, 7) is 4.19. The lowest BCUT2D eigenvalue weighted by Gasteiger charge is -2.40. The fourth-order valence-electron chi connectivity index (χ4n) is 8.09. The van der Waals surface area contributed by atoms with Crippen molar-refractivity contribution < 1.29 is 49.3 Å². The fraction of sp³-hybridized carbons (Fsp3) is 0.789. The molecule has 0 radical (unpaired) electrons. The second kappa shape index (κ2) is 46.7. The summed E-state index contributed by atoms with van der Waals surface area (Å²) < 4.78 is 16.6. The number of esters is 1. The maximum atomic E-state index is 13.0. The van der Waals surface area contributed by atoms with Gasteiger partial charge in [-0.3, -0.25) is 9.59 Å². The van der Waals surface area contributed by atoms with Crippen molar-refractivity contribution in [3.63, 3.8) is 0 Å². The van der Waals surface area contributed by atoms with Crippen LogP contribution in [0.4, 0.5) is 0 Å². The van der Waals surface area contributed by atoms with E-state index in [1.807, 2.05) is 6.08 Å². The summed E-state index contributed by atoms with van der Waals surface area (Å²) in [5, 5.41) is 54.2. The van der Waals surface area contributed by atoms with E-state index in [4.69, 9.17) is 14.2 Å². The first-order valence-corrected chi connectivity index (χ1v) is 27.6. The van der Waals surface area contributed by atoms with Gasteiger partial charge in [-0.15, -0.1) is 0 Å². The highest BCUT2D eigenvalue weighted by atomic mass is 16.7. The minimum absolute atomic E-state index is 0.0343. The summed E-state index contributed by atoms with van der Waals surface area (Å²) in [5.41, 5.74) is 0. The molecule has 6 N–H and O–H groups in total. The van der Waals surface area contributed by atoms with E-state index < -0.39 is 49.5 Å². The molecule has 7 atom stereocenters. The zero-order valence-electron chi connectivity index (χ0n) is 43.0. The van der Waals surface area contributed by atoms with Crippen LogP contribution < -0.4 is 5.32 Å². The van der Waals surface area contributed by atoms with Crippen molar-refractivity contribution in [2.75, 3.05) is 19.8 Å². The Morgan fingerprint density at radius 3 is 1.50 bits per heavy atom. The van der Waals surface area contributed by atoms with Gasteiger partial charge in [-0.1, -0.05) is 171 Å². The SMILES string of the molecule is CCCC/C=C\CCCCCCCC(=O)OCCCCCCCCC/C=C\CCCCCCCC(=O)NC(COC1OC(CO)C(O)C(O)C1O)C(O)/C=C/CC/C=C/CC/C=C/CCCCC. The topological polar surface area (TPSA) is 175 Å². The van der Waals surface area contributed by atoms with Crippen LogP contribution in [0.15, 0.2) is 60.8 Å². The van der Waals surface area contributed by atoms with Crippen molar-refractivity contribution in [1.82, 2.24) is 5.32 Å². The molecule has 1 fully saturated rings. The molecule has 0 aromatic carbocycles. The monoisotopic (exact) mass is 960 g/mol. The van der Waals surface area contributed by atoms with Crippen LogP contribution in [0.5, 0.6) is 0 Å². The third kappa shape index (κ3) is 36.3. The van der Waals surface area contributed by atoms with Gasteiger partial charge in [0.15, 0.2) is 6.29 Å². The van der Waals surface area contributed by atoms with Crippen LogP contribution in [0.2, 0.25) is 0 Å². The molecule has 1 saturated heterocycles. The molecule has 1 amide bonds. The van der Waals surface area contributed by atoms with Crippen molar-refractivity contribution in [1.29, 1.82) is 0 Å². The van der Waals surface area contributed by atoms with Crippen molar-refractivity contribution >= 4 is 11.9 Å². The van der Waals surface area contributed by atoms with Gasteiger partial charge >= 0.3 is 5.97 Å². The van der Waals surface area contributed by atoms with Crippen molar-refractivity contribution in [2.24, 2.45) is 0 Å². The number of ether oxygens (including phenoxy) is 3. The average Bonchev–Trinajstić information content (AvgIpc) is 3.33. The molecule has 394 valence electrons. The average molecular weight is 960 g/mol. The summed E-state index contributed by atoms with van der Waals surface area (Å²) in [4.78, 5) is 25.0. The Labute approximate surface area is 414 Å². The smallest absolute Gasteiger partial charge is 0.305 e. The predicted molar refractivity (Wildman–Crippen MR) is 278 cm³/mol. The first-order chi connectivity index (χ1) is 33.2. The Morgan fingerprint density at radius 1 is 0.529 bits per heavy atom. The van der Waals surface area contributed by atoms with Gasteiger partial charge in [-0.05, 0) is 103 Å². The molecular formula is C57H101NO10. The number of carbonyl (C=O) groups excluding carboxylic acids is 2. The van der Waals surface area contributed by atoms with Crippen LogP contribution in [0, 0.1) is 0 Å². The minimum Gasteiger partial charge on any atom is -0.466 e. The van der Waals surface area contributed by atoms with Gasteiger partial charge in [0.1, 0.15) is 24.4 Å². The molecule has 0 aromatic rings. The summed E-state index contributed by atoms with van der Waals surface area (Å²) in [7, 11) is 0. The van der Waals surface area contributed by atoms with E-state index in [-0.39, 0.29) is 18.5 Å². The maximum Gasteiger partial charge on any atom is 0.305 e. The molecule has 0 aromatic heterocycles. The van der Waals surface area contributed by atoms with Gasteiger partial charge in [-0.25, -0.2) is 0 Å². The van der Waals surface area contributed by atoms with E-state index >= 15 is 0 Å². The molecule has 0 bridgehead atoms. The van der Waals surface area contributed by atoms with E-state index in [1.54, 1.807) is 6.08 Å². The molecule has 1 rings (SSSR count). The van der Waals surface area contributed by atoms with E-state index in [1.165, 1.54) is 96.3 Å². The number of nitrogens with one attached hydrogen (secondary N) is 1. The molecule has 0 aliphatic carbocycles. The third-order valence-electron chi connectivity index (χ3n) is 12.6. The van der Waals surface area contributed by atoms with E-state index in [2.05, 4.69) is 67.8 Å². The Kier molecular flexibility index (Phi) is 43.5. The van der Waals surface area contributed by atoms with Crippen LogP contribution in [0.3, 0.4) is 0 Å². The molecule has 11 heteroatoms. The predicted octanol–water partition coefficient (Wildman–Crippen LogP) is 11.9. The number of hydrogen-bond donors (Lipinski definition) is 6. The minimum atomic E-state index is -1.59. The van der Waals surface area contributed by atoms with Crippen molar-refractivity contribution in [3.8, 4) is 0 Å². The fourth-order valence-corrected chi connectivity index (χ4v) is 8.09. The summed E-state index contributed by atoms with van der Waals surface area (Å²) >= 11 is 0. The number of carbonyl (C=O) groups is 2. The molecule has 68 heavy (non-hydrogen) atoms. The van der Waals surface area contributed by atoms with Crippen molar-refractivity contribution in [2.45, 2.75) is 269 Å². The molecular weight excluding hydrogens is 859 g/mol. The largest absolute Gasteiger partial charge is 0.466 e. The number of amides is 1. The third-order valence-corrected chi connectivity index (χ3v) is 12.6. The summed E-state index contributed by atoms with van der Waals surface area (Å²) in [6.07, 6.45) is 48.7. The highest BCUT2D eigenvalue weighted by Gasteiger charge is 2.44. The van der Waals surface area contributed by atoms with Gasteiger partial charge < -0.3 is 45.1 Å². The quantitative estimate of drug-likeness (QED) is 0.0196. The molecule has 11 nitrogen and oxygen atoms in total. The van der Waals surface area contributed by atoms with E-state index in [9.17, 15) is 35.1 Å². The summed E-state index contributed by atoms with van der Waals surface area (Å²) in [5.74, 6) is -0.250. The number of aliphatic hydroxyl groups excluding tert-OH is 5. The van der Waals surface area contributed by atoms with Crippen LogP contribution >= 0.6 is 0 Å². The van der Waals surface area contributed by atoms with E-state index in [0.29, 0.717) is 25.9 Å². The van der Waals surface area contributed by atoms with E-state index in [0.717, 1.165) is 96.3 Å². The number of unbranched alkanes of at least 4 members (excludes halogenated alkanes) is 24. The number of rotatable bonds is 46. The first-order valence-electron chi connectivity index (χ1n) is 27.6. The Morgan fingerprint density at radius 2 is 0.971 bits per heavy atom. The molecule has 1 heterocycles. The van der Waals surface area contributed by atoms with Crippen LogP contribution in [0.25, 0.3) is 0 Å². The second-order valence-electron chi connectivity index (χ2n) is 18.9. The normalized spacial score (nSPS) is 19.9. The Balaban J connectivity index is 2.19. The Hall–Kier alpha value is -2.64. The maximum absolute atomic E-state index is 13.0. The lowest BCUT2D eigenvalue weighted by molar-refractivity contribution is -0.302. The number of allylic oxidation sites excluding steroid dienone is 9. The lowest BCUT2D eigenvalue weighted by Crippen LogP contribution is -2.60. The van der Waals surface area contributed by atoms with Gasteiger partial charge in [0, 0.05) is 12.8 Å². The number of aliphatic hydroxyl groups is 5. The zero-order valence-corrected chi connectivity index (χ0v) is 43.0. The molecule has 0 saturated carbocycles. The highest BCUT2D eigenvalue weighted by molar-refractivity contribution is 5.76. The molecule has 1 aliphatic rings. The van der Waals surface area contributed by atoms with Crippen LogP contribution in [0.1, 0.15) is 226 Å². The number of hydrogen-bond acceptors (Lipinski definition) is 10. The van der Waals surface area contributed by atoms with Gasteiger partial charge in [0.2, 0.25) is 5.91 Å². The molecule has 1 aliphatic heterocycles. The zero-order chi connectivity index (χ0) is 49.6. The highest BCUT2D eigenvalue weighted by Crippen LogP contribution is 2.23.